The van der Waals surface area contributed by atoms with Gasteiger partial charge in [0.2, 0.25) is 0 Å². The molecule has 146 valence electrons. The molecule has 0 bridgehead atoms. The van der Waals surface area contributed by atoms with Crippen LogP contribution in [-0.2, 0) is 6.54 Å². The zero-order valence-electron chi connectivity index (χ0n) is 16.3. The molecule has 4 rings (SSSR count). The summed E-state index contributed by atoms with van der Waals surface area (Å²) in [7, 11) is 0. The zero-order chi connectivity index (χ0) is 20.1. The zero-order valence-corrected chi connectivity index (χ0v) is 16.3. The lowest BCUT2D eigenvalue weighted by molar-refractivity contribution is -0.901. The Hall–Kier alpha value is -3.24. The minimum absolute atomic E-state index is 0.126. The van der Waals surface area contributed by atoms with Crippen molar-refractivity contribution in [1.29, 1.82) is 0 Å². The summed E-state index contributed by atoms with van der Waals surface area (Å²) in [6.07, 6.45) is 0.947. The molecule has 1 amide bonds. The van der Waals surface area contributed by atoms with Crippen molar-refractivity contribution in [3.63, 3.8) is 0 Å². The Morgan fingerprint density at radius 3 is 2.17 bits per heavy atom. The van der Waals surface area contributed by atoms with Gasteiger partial charge in [0.15, 0.2) is 5.78 Å². The van der Waals surface area contributed by atoms with Crippen LogP contribution < -0.4 is 10.2 Å². The van der Waals surface area contributed by atoms with E-state index in [4.69, 9.17) is 0 Å². The molecule has 1 unspecified atom stereocenters. The van der Waals surface area contributed by atoms with E-state index in [2.05, 4.69) is 29.6 Å². The molecule has 3 aromatic rings. The number of rotatable bonds is 6. The molecule has 0 aromatic heterocycles. The smallest absolute Gasteiger partial charge is 0.252 e. The molecule has 0 aliphatic carbocycles. The van der Waals surface area contributed by atoms with Crippen LogP contribution in [0, 0.1) is 0 Å². The van der Waals surface area contributed by atoms with Gasteiger partial charge >= 0.3 is 0 Å². The van der Waals surface area contributed by atoms with Gasteiger partial charge in [-0.3, -0.25) is 9.59 Å². The van der Waals surface area contributed by atoms with Gasteiger partial charge < -0.3 is 10.2 Å². The number of hydrogen-bond donors (Lipinski definition) is 2. The first kappa shape index (κ1) is 19.1. The number of carbonyl (C=O) groups excluding carboxylic acids is 2. The predicted molar refractivity (Wildman–Crippen MR) is 113 cm³/mol. The highest BCUT2D eigenvalue weighted by Crippen LogP contribution is 2.15. The Bertz CT molecular complexity index is 986. The van der Waals surface area contributed by atoms with Crippen LogP contribution in [0.3, 0.4) is 0 Å². The van der Waals surface area contributed by atoms with Gasteiger partial charge in [-0.1, -0.05) is 78.9 Å². The van der Waals surface area contributed by atoms with E-state index >= 15 is 0 Å². The molecule has 0 saturated carbocycles. The molecule has 4 heteroatoms. The summed E-state index contributed by atoms with van der Waals surface area (Å²) in [5, 5.41) is 3.15. The van der Waals surface area contributed by atoms with Crippen LogP contribution in [-0.4, -0.2) is 30.8 Å². The summed E-state index contributed by atoms with van der Waals surface area (Å²) in [5.41, 5.74) is 2.79. The van der Waals surface area contributed by atoms with E-state index in [1.54, 1.807) is 36.4 Å². The van der Waals surface area contributed by atoms with Gasteiger partial charge in [-0.25, -0.2) is 0 Å². The number of quaternary nitrogens is 1. The van der Waals surface area contributed by atoms with E-state index in [0.717, 1.165) is 26.1 Å². The van der Waals surface area contributed by atoms with E-state index in [0.29, 0.717) is 16.7 Å². The van der Waals surface area contributed by atoms with Crippen LogP contribution in [0.25, 0.3) is 0 Å². The van der Waals surface area contributed by atoms with Gasteiger partial charge in [-0.15, -0.1) is 0 Å². The molecule has 4 nitrogen and oxygen atoms in total. The number of benzene rings is 3. The lowest BCUT2D eigenvalue weighted by Crippen LogP contribution is -3.09. The van der Waals surface area contributed by atoms with Crippen molar-refractivity contribution in [2.24, 2.45) is 0 Å². The molecule has 3 aromatic carbocycles. The Kier molecular flexibility index (Phi) is 5.82. The largest absolute Gasteiger partial charge is 0.343 e. The Balaban J connectivity index is 1.42. The second-order valence-corrected chi connectivity index (χ2v) is 7.57. The number of amides is 1. The topological polar surface area (TPSA) is 50.6 Å². The maximum absolute atomic E-state index is 12.9. The fraction of sp³-hybridized carbons (Fsp3) is 0.200. The fourth-order valence-corrected chi connectivity index (χ4v) is 3.99. The molecule has 29 heavy (non-hydrogen) atoms. The number of nitrogens with one attached hydrogen (secondary N) is 2. The quantitative estimate of drug-likeness (QED) is 0.641. The van der Waals surface area contributed by atoms with Gasteiger partial charge in [0.1, 0.15) is 6.54 Å². The van der Waals surface area contributed by atoms with Crippen molar-refractivity contribution in [2.45, 2.75) is 19.0 Å². The maximum Gasteiger partial charge on any atom is 0.252 e. The first-order valence-electron chi connectivity index (χ1n) is 10.1. The molecular weight excluding hydrogens is 360 g/mol. The third kappa shape index (κ3) is 4.61. The van der Waals surface area contributed by atoms with Gasteiger partial charge in [0, 0.05) is 23.1 Å². The van der Waals surface area contributed by atoms with Crippen molar-refractivity contribution in [2.75, 3.05) is 13.1 Å². The van der Waals surface area contributed by atoms with E-state index in [-0.39, 0.29) is 17.7 Å². The fourth-order valence-electron chi connectivity index (χ4n) is 3.99. The summed E-state index contributed by atoms with van der Waals surface area (Å²) >= 11 is 0. The van der Waals surface area contributed by atoms with Crippen molar-refractivity contribution in [1.82, 2.24) is 5.32 Å². The van der Waals surface area contributed by atoms with Crippen LogP contribution in [0.15, 0.2) is 84.9 Å². The van der Waals surface area contributed by atoms with E-state index in [1.807, 2.05) is 24.3 Å². The summed E-state index contributed by atoms with van der Waals surface area (Å²) in [4.78, 5) is 27.3. The van der Waals surface area contributed by atoms with Crippen LogP contribution in [0.5, 0.6) is 0 Å². The molecule has 1 fully saturated rings. The highest BCUT2D eigenvalue weighted by Gasteiger charge is 2.28. The third-order valence-corrected chi connectivity index (χ3v) is 5.47. The molecular formula is C25H25N2O2+. The standard InChI is InChI=1S/C25H24N2O2/c28-24(20-11-5-2-6-12-20)22-13-7-8-14-23(22)25(29)26-21-15-16-27(18-21)17-19-9-3-1-4-10-19/h1-14,21H,15-18H2,(H,26,29)/p+1/t21-/m0/s1. The molecule has 2 N–H and O–H groups in total. The minimum atomic E-state index is -0.171. The SMILES string of the molecule is O=C(N[C@H]1CC[NH+](Cc2ccccc2)C1)c1ccccc1C(=O)c1ccccc1. The second kappa shape index (κ2) is 8.84. The molecule has 1 aliphatic heterocycles. The molecule has 2 atom stereocenters. The Morgan fingerprint density at radius 1 is 0.828 bits per heavy atom. The van der Waals surface area contributed by atoms with Crippen molar-refractivity contribution in [3.8, 4) is 0 Å². The van der Waals surface area contributed by atoms with E-state index < -0.39 is 0 Å². The summed E-state index contributed by atoms with van der Waals surface area (Å²) in [6, 6.07) is 26.7. The van der Waals surface area contributed by atoms with Gasteiger partial charge in [-0.2, -0.15) is 0 Å². The third-order valence-electron chi connectivity index (χ3n) is 5.47. The lowest BCUT2D eigenvalue weighted by Gasteiger charge is -2.15. The molecule has 1 aliphatic rings. The van der Waals surface area contributed by atoms with Crippen LogP contribution in [0.2, 0.25) is 0 Å². The van der Waals surface area contributed by atoms with Crippen LogP contribution >= 0.6 is 0 Å². The average Bonchev–Trinajstić information content (AvgIpc) is 3.21. The van der Waals surface area contributed by atoms with Crippen molar-refractivity contribution < 1.29 is 14.5 Å². The Morgan fingerprint density at radius 2 is 1.45 bits per heavy atom. The van der Waals surface area contributed by atoms with E-state index in [9.17, 15) is 9.59 Å². The average molecular weight is 385 g/mol. The number of carbonyl (C=O) groups is 2. The summed E-state index contributed by atoms with van der Waals surface area (Å²) in [5.74, 6) is -0.296. The molecule has 1 heterocycles. The number of ketones is 1. The molecule has 0 spiro atoms. The Labute approximate surface area is 171 Å². The highest BCUT2D eigenvalue weighted by atomic mass is 16.2. The monoisotopic (exact) mass is 385 g/mol. The summed E-state index contributed by atoms with van der Waals surface area (Å²) < 4.78 is 0. The minimum Gasteiger partial charge on any atom is -0.343 e. The van der Waals surface area contributed by atoms with Gasteiger partial charge in [0.25, 0.3) is 5.91 Å². The van der Waals surface area contributed by atoms with E-state index in [1.165, 1.54) is 10.5 Å². The van der Waals surface area contributed by atoms with Crippen LogP contribution in [0.4, 0.5) is 0 Å². The summed E-state index contributed by atoms with van der Waals surface area (Å²) in [6.45, 7) is 2.90. The number of hydrogen-bond acceptors (Lipinski definition) is 2. The van der Waals surface area contributed by atoms with Gasteiger partial charge in [-0.05, 0) is 6.07 Å². The predicted octanol–water partition coefficient (Wildman–Crippen LogP) is 2.50. The van der Waals surface area contributed by atoms with Crippen LogP contribution in [0.1, 0.15) is 38.3 Å². The second-order valence-electron chi connectivity index (χ2n) is 7.57. The normalized spacial score (nSPS) is 18.3. The first-order chi connectivity index (χ1) is 14.2. The first-order valence-corrected chi connectivity index (χ1v) is 10.1. The van der Waals surface area contributed by atoms with Crippen molar-refractivity contribution >= 4 is 11.7 Å². The maximum atomic E-state index is 12.9. The van der Waals surface area contributed by atoms with Crippen molar-refractivity contribution in [3.05, 3.63) is 107 Å². The number of likely N-dealkylation sites (tertiary alicyclic amines) is 1. The van der Waals surface area contributed by atoms with Gasteiger partial charge in [0.05, 0.1) is 24.7 Å². The molecule has 1 saturated heterocycles. The highest BCUT2D eigenvalue weighted by molar-refractivity contribution is 6.15. The molecule has 0 radical (unpaired) electrons. The lowest BCUT2D eigenvalue weighted by atomic mass is 9.97.